The number of halogens is 1. The predicted octanol–water partition coefficient (Wildman–Crippen LogP) is 4.89. The van der Waals surface area contributed by atoms with Gasteiger partial charge in [-0.05, 0) is 43.5 Å². The van der Waals surface area contributed by atoms with Crippen LogP contribution >= 0.6 is 0 Å². The summed E-state index contributed by atoms with van der Waals surface area (Å²) in [5.74, 6) is -0.366. The second-order valence-corrected chi connectivity index (χ2v) is 7.79. The molecule has 4 aromatic rings. The zero-order valence-corrected chi connectivity index (χ0v) is 19.0. The third-order valence-electron chi connectivity index (χ3n) is 5.20. The zero-order chi connectivity index (χ0) is 23.9. The molecule has 1 amide bonds. The smallest absolute Gasteiger partial charge is 0.258 e. The van der Waals surface area contributed by atoms with Crippen LogP contribution in [0.25, 0.3) is 0 Å². The molecule has 0 saturated heterocycles. The van der Waals surface area contributed by atoms with Crippen molar-refractivity contribution < 1.29 is 13.9 Å². The Hall–Kier alpha value is -4.27. The van der Waals surface area contributed by atoms with E-state index < -0.39 is 5.82 Å². The minimum atomic E-state index is -0.489. The molecule has 4 rings (SSSR count). The van der Waals surface area contributed by atoms with Crippen LogP contribution in [0.2, 0.25) is 0 Å². The molecule has 0 bridgehead atoms. The maximum atomic E-state index is 14.4. The van der Waals surface area contributed by atoms with Gasteiger partial charge in [0.2, 0.25) is 5.95 Å². The summed E-state index contributed by atoms with van der Waals surface area (Å²) < 4.78 is 21.9. The number of para-hydroxylation sites is 1. The molecule has 0 saturated carbocycles. The molecule has 0 aliphatic heterocycles. The Balaban J connectivity index is 1.32. The molecule has 8 nitrogen and oxygen atoms in total. The fraction of sp³-hybridized carbons (Fsp3) is 0.200. The lowest BCUT2D eigenvalue weighted by molar-refractivity contribution is 0.102. The van der Waals surface area contributed by atoms with Crippen LogP contribution < -0.4 is 15.4 Å². The molecule has 0 atom stereocenters. The Kier molecular flexibility index (Phi) is 7.12. The second-order valence-electron chi connectivity index (χ2n) is 7.79. The Morgan fingerprint density at radius 3 is 2.56 bits per heavy atom. The van der Waals surface area contributed by atoms with Crippen LogP contribution in [0.1, 0.15) is 27.9 Å². The lowest BCUT2D eigenvalue weighted by atomic mass is 10.1. The SMILES string of the molecule is Cc1cccc(C)c1NC(=O)c1cnc(Nc2ccc(OCCCn3ccnc3)c(F)c2)nc1. The molecular formula is C25H25FN6O2. The maximum Gasteiger partial charge on any atom is 0.258 e. The molecule has 0 aliphatic rings. The summed E-state index contributed by atoms with van der Waals surface area (Å²) >= 11 is 0. The highest BCUT2D eigenvalue weighted by Crippen LogP contribution is 2.23. The van der Waals surface area contributed by atoms with Crippen molar-refractivity contribution in [3.8, 4) is 5.75 Å². The molecule has 2 N–H and O–H groups in total. The van der Waals surface area contributed by atoms with E-state index in [0.29, 0.717) is 17.9 Å². The number of rotatable bonds is 9. The van der Waals surface area contributed by atoms with Gasteiger partial charge in [0.05, 0.1) is 18.5 Å². The zero-order valence-electron chi connectivity index (χ0n) is 19.0. The van der Waals surface area contributed by atoms with Crippen molar-refractivity contribution in [2.24, 2.45) is 0 Å². The fourth-order valence-corrected chi connectivity index (χ4v) is 3.38. The van der Waals surface area contributed by atoms with Crippen molar-refractivity contribution in [1.82, 2.24) is 19.5 Å². The average molecular weight is 461 g/mol. The van der Waals surface area contributed by atoms with Crippen molar-refractivity contribution in [2.45, 2.75) is 26.8 Å². The monoisotopic (exact) mass is 460 g/mol. The van der Waals surface area contributed by atoms with E-state index in [4.69, 9.17) is 4.74 Å². The average Bonchev–Trinajstić information content (AvgIpc) is 3.34. The van der Waals surface area contributed by atoms with E-state index in [0.717, 1.165) is 29.8 Å². The Morgan fingerprint density at radius 1 is 1.12 bits per heavy atom. The normalized spacial score (nSPS) is 10.7. The lowest BCUT2D eigenvalue weighted by Crippen LogP contribution is -2.14. The molecule has 0 unspecified atom stereocenters. The highest BCUT2D eigenvalue weighted by molar-refractivity contribution is 6.04. The van der Waals surface area contributed by atoms with Crippen molar-refractivity contribution in [3.63, 3.8) is 0 Å². The number of ether oxygens (including phenoxy) is 1. The van der Waals surface area contributed by atoms with E-state index in [1.807, 2.05) is 42.8 Å². The van der Waals surface area contributed by atoms with E-state index in [1.54, 1.807) is 24.7 Å². The van der Waals surface area contributed by atoms with Gasteiger partial charge in [0.25, 0.3) is 5.91 Å². The third-order valence-corrected chi connectivity index (χ3v) is 5.20. The van der Waals surface area contributed by atoms with Crippen LogP contribution in [0.15, 0.2) is 67.5 Å². The minimum absolute atomic E-state index is 0.176. The van der Waals surface area contributed by atoms with Gasteiger partial charge in [-0.15, -0.1) is 0 Å². The molecule has 0 fully saturated rings. The Labute approximate surface area is 196 Å². The van der Waals surface area contributed by atoms with Crippen LogP contribution in [-0.4, -0.2) is 32.0 Å². The van der Waals surface area contributed by atoms with Crippen LogP contribution in [0.3, 0.4) is 0 Å². The number of hydrogen-bond donors (Lipinski definition) is 2. The maximum absolute atomic E-state index is 14.4. The van der Waals surface area contributed by atoms with Gasteiger partial charge in [-0.25, -0.2) is 19.3 Å². The first kappa shape index (κ1) is 22.9. The topological polar surface area (TPSA) is 94.0 Å². The number of aryl methyl sites for hydroxylation is 3. The fourth-order valence-electron chi connectivity index (χ4n) is 3.38. The molecule has 0 spiro atoms. The summed E-state index contributed by atoms with van der Waals surface area (Å²) in [6, 6.07) is 10.4. The van der Waals surface area contributed by atoms with Gasteiger partial charge in [-0.1, -0.05) is 18.2 Å². The van der Waals surface area contributed by atoms with Gasteiger partial charge in [0.15, 0.2) is 11.6 Å². The summed E-state index contributed by atoms with van der Waals surface area (Å²) in [5.41, 5.74) is 3.50. The number of hydrogen-bond acceptors (Lipinski definition) is 6. The molecular weight excluding hydrogens is 435 g/mol. The minimum Gasteiger partial charge on any atom is -0.490 e. The van der Waals surface area contributed by atoms with Gasteiger partial charge in [0, 0.05) is 48.8 Å². The molecule has 0 radical (unpaired) electrons. The molecule has 2 aromatic carbocycles. The lowest BCUT2D eigenvalue weighted by Gasteiger charge is -2.12. The number of nitrogens with zero attached hydrogens (tertiary/aromatic N) is 4. The number of aromatic nitrogens is 4. The Bertz CT molecular complexity index is 1240. The quantitative estimate of drug-likeness (QED) is 0.345. The van der Waals surface area contributed by atoms with Crippen molar-refractivity contribution in [1.29, 1.82) is 0 Å². The Morgan fingerprint density at radius 2 is 1.88 bits per heavy atom. The summed E-state index contributed by atoms with van der Waals surface area (Å²) in [4.78, 5) is 24.9. The summed E-state index contributed by atoms with van der Waals surface area (Å²) in [6.07, 6.45) is 8.89. The van der Waals surface area contributed by atoms with Crippen LogP contribution in [0.4, 0.5) is 21.7 Å². The van der Waals surface area contributed by atoms with E-state index in [9.17, 15) is 9.18 Å². The van der Waals surface area contributed by atoms with Gasteiger partial charge in [0.1, 0.15) is 0 Å². The number of anilines is 3. The molecule has 0 aliphatic carbocycles. The van der Waals surface area contributed by atoms with Crippen molar-refractivity contribution in [3.05, 3.63) is 90.0 Å². The number of carbonyl (C=O) groups excluding carboxylic acids is 1. The molecule has 2 aromatic heterocycles. The first-order valence-corrected chi connectivity index (χ1v) is 10.8. The van der Waals surface area contributed by atoms with E-state index in [1.165, 1.54) is 18.5 Å². The van der Waals surface area contributed by atoms with E-state index in [-0.39, 0.29) is 17.6 Å². The molecule has 9 heteroatoms. The van der Waals surface area contributed by atoms with E-state index >= 15 is 0 Å². The van der Waals surface area contributed by atoms with Crippen LogP contribution in [0, 0.1) is 19.7 Å². The number of imidazole rings is 1. The third kappa shape index (κ3) is 5.74. The van der Waals surface area contributed by atoms with Gasteiger partial charge in [-0.3, -0.25) is 4.79 Å². The molecule has 174 valence electrons. The number of nitrogens with one attached hydrogen (secondary N) is 2. The molecule has 2 heterocycles. The summed E-state index contributed by atoms with van der Waals surface area (Å²) in [5, 5.41) is 5.83. The molecule has 34 heavy (non-hydrogen) atoms. The van der Waals surface area contributed by atoms with Crippen LogP contribution in [0.5, 0.6) is 5.75 Å². The van der Waals surface area contributed by atoms with Crippen molar-refractivity contribution in [2.75, 3.05) is 17.2 Å². The highest BCUT2D eigenvalue weighted by Gasteiger charge is 2.11. The predicted molar refractivity (Wildman–Crippen MR) is 128 cm³/mol. The van der Waals surface area contributed by atoms with Gasteiger partial charge >= 0.3 is 0 Å². The van der Waals surface area contributed by atoms with Gasteiger partial charge in [-0.2, -0.15) is 0 Å². The number of carbonyl (C=O) groups is 1. The van der Waals surface area contributed by atoms with Crippen molar-refractivity contribution >= 4 is 23.2 Å². The first-order chi connectivity index (χ1) is 16.5. The van der Waals surface area contributed by atoms with E-state index in [2.05, 4.69) is 25.6 Å². The highest BCUT2D eigenvalue weighted by atomic mass is 19.1. The number of benzene rings is 2. The van der Waals surface area contributed by atoms with Crippen LogP contribution in [-0.2, 0) is 6.54 Å². The number of amides is 1. The largest absolute Gasteiger partial charge is 0.490 e. The standard InChI is InChI=1S/C25H25FN6O2/c1-17-5-3-6-18(2)23(17)31-24(33)19-14-28-25(29-15-19)30-20-7-8-22(21(26)13-20)34-12-4-10-32-11-9-27-16-32/h3,5-9,11,13-16H,4,10,12H2,1-2H3,(H,31,33)(H,28,29,30). The second kappa shape index (κ2) is 10.6. The summed E-state index contributed by atoms with van der Waals surface area (Å²) in [7, 11) is 0. The summed E-state index contributed by atoms with van der Waals surface area (Å²) in [6.45, 7) is 5.00. The first-order valence-electron chi connectivity index (χ1n) is 10.8. The van der Waals surface area contributed by atoms with Gasteiger partial charge < -0.3 is 19.9 Å².